The zero-order chi connectivity index (χ0) is 13.0. The second kappa shape index (κ2) is 5.48. The first kappa shape index (κ1) is 13.2. The Labute approximate surface area is 101 Å². The third-order valence-corrected chi connectivity index (χ3v) is 2.73. The molecule has 1 aromatic carbocycles. The monoisotopic (exact) mass is 234 g/mol. The van der Waals surface area contributed by atoms with Crippen molar-refractivity contribution >= 4 is 11.8 Å². The minimum atomic E-state index is -0.644. The molecule has 0 aliphatic carbocycles. The van der Waals surface area contributed by atoms with Crippen molar-refractivity contribution in [1.29, 1.82) is 0 Å². The van der Waals surface area contributed by atoms with Crippen LogP contribution < -0.4 is 11.1 Å². The van der Waals surface area contributed by atoms with Crippen LogP contribution in [0.3, 0.4) is 0 Å². The van der Waals surface area contributed by atoms with E-state index in [0.29, 0.717) is 6.42 Å². The fourth-order valence-electron chi connectivity index (χ4n) is 1.63. The van der Waals surface area contributed by atoms with Gasteiger partial charge in [0.15, 0.2) is 0 Å². The highest BCUT2D eigenvalue weighted by Gasteiger charge is 2.16. The standard InChI is InChI=1S/C13H18N2O2/c1-8-4-5-11(6-9(8)2)7-12(13(14)17)15-10(3)16/h4-6,12H,7H2,1-3H3,(H2,14,17)(H,15,16)/t12-/m0/s1. The average Bonchev–Trinajstić information content (AvgIpc) is 2.21. The zero-order valence-corrected chi connectivity index (χ0v) is 10.4. The minimum Gasteiger partial charge on any atom is -0.368 e. The lowest BCUT2D eigenvalue weighted by Gasteiger charge is -2.15. The summed E-state index contributed by atoms with van der Waals surface area (Å²) in [6.45, 7) is 5.41. The first-order valence-electron chi connectivity index (χ1n) is 5.52. The van der Waals surface area contributed by atoms with Gasteiger partial charge in [-0.2, -0.15) is 0 Å². The van der Waals surface area contributed by atoms with Crippen molar-refractivity contribution in [2.45, 2.75) is 33.2 Å². The van der Waals surface area contributed by atoms with Gasteiger partial charge in [0.1, 0.15) is 6.04 Å². The van der Waals surface area contributed by atoms with Gasteiger partial charge in [0.2, 0.25) is 11.8 Å². The predicted molar refractivity (Wildman–Crippen MR) is 66.4 cm³/mol. The molecule has 1 atom stereocenters. The van der Waals surface area contributed by atoms with E-state index in [-0.39, 0.29) is 5.91 Å². The number of amides is 2. The first-order valence-corrected chi connectivity index (χ1v) is 5.52. The van der Waals surface area contributed by atoms with Gasteiger partial charge in [0.05, 0.1) is 0 Å². The van der Waals surface area contributed by atoms with Crippen molar-refractivity contribution < 1.29 is 9.59 Å². The Morgan fingerprint density at radius 2 is 1.94 bits per heavy atom. The van der Waals surface area contributed by atoms with Crippen LogP contribution >= 0.6 is 0 Å². The van der Waals surface area contributed by atoms with E-state index in [0.717, 1.165) is 11.1 Å². The number of nitrogens with two attached hydrogens (primary N) is 1. The lowest BCUT2D eigenvalue weighted by atomic mass is 10.0. The van der Waals surface area contributed by atoms with E-state index < -0.39 is 11.9 Å². The summed E-state index contributed by atoms with van der Waals surface area (Å²) in [6.07, 6.45) is 0.427. The van der Waals surface area contributed by atoms with E-state index in [9.17, 15) is 9.59 Å². The van der Waals surface area contributed by atoms with Crippen molar-refractivity contribution in [3.05, 3.63) is 34.9 Å². The number of hydrogen-bond donors (Lipinski definition) is 2. The highest BCUT2D eigenvalue weighted by atomic mass is 16.2. The lowest BCUT2D eigenvalue weighted by molar-refractivity contribution is -0.126. The van der Waals surface area contributed by atoms with Gasteiger partial charge >= 0.3 is 0 Å². The summed E-state index contributed by atoms with van der Waals surface area (Å²) in [4.78, 5) is 22.1. The predicted octanol–water partition coefficient (Wildman–Crippen LogP) is 0.836. The highest BCUT2D eigenvalue weighted by molar-refractivity contribution is 5.85. The Hall–Kier alpha value is -1.84. The van der Waals surface area contributed by atoms with Crippen molar-refractivity contribution in [2.75, 3.05) is 0 Å². The van der Waals surface area contributed by atoms with E-state index in [2.05, 4.69) is 5.32 Å². The number of nitrogens with one attached hydrogen (secondary N) is 1. The maximum atomic E-state index is 11.2. The third kappa shape index (κ3) is 3.90. The molecule has 17 heavy (non-hydrogen) atoms. The number of hydrogen-bond acceptors (Lipinski definition) is 2. The van der Waals surface area contributed by atoms with Crippen LogP contribution in [0, 0.1) is 13.8 Å². The molecule has 1 aromatic rings. The SMILES string of the molecule is CC(=O)N[C@@H](Cc1ccc(C)c(C)c1)C(N)=O. The molecule has 2 amide bonds. The Kier molecular flexibility index (Phi) is 4.26. The Balaban J connectivity index is 2.82. The Morgan fingerprint density at radius 3 is 2.41 bits per heavy atom. The molecule has 0 aromatic heterocycles. The number of carbonyl (C=O) groups is 2. The van der Waals surface area contributed by atoms with Crippen molar-refractivity contribution in [1.82, 2.24) is 5.32 Å². The topological polar surface area (TPSA) is 72.2 Å². The van der Waals surface area contributed by atoms with Gasteiger partial charge in [-0.05, 0) is 30.5 Å². The van der Waals surface area contributed by atoms with E-state index in [1.54, 1.807) is 0 Å². The number of benzene rings is 1. The molecule has 0 spiro atoms. The normalized spacial score (nSPS) is 11.9. The van der Waals surface area contributed by atoms with Crippen molar-refractivity contribution in [3.63, 3.8) is 0 Å². The van der Waals surface area contributed by atoms with Crippen LogP contribution in [0.2, 0.25) is 0 Å². The number of aryl methyl sites for hydroxylation is 2. The molecule has 0 fully saturated rings. The second-order valence-electron chi connectivity index (χ2n) is 4.28. The Morgan fingerprint density at radius 1 is 1.29 bits per heavy atom. The smallest absolute Gasteiger partial charge is 0.240 e. The molecule has 0 saturated carbocycles. The molecular formula is C13H18N2O2. The molecule has 4 heteroatoms. The summed E-state index contributed by atoms with van der Waals surface area (Å²) in [5.74, 6) is -0.768. The molecule has 1 rings (SSSR count). The molecule has 0 aliphatic heterocycles. The van der Waals surface area contributed by atoms with Crippen LogP contribution in [0.5, 0.6) is 0 Å². The summed E-state index contributed by atoms with van der Waals surface area (Å²) in [7, 11) is 0. The molecule has 0 bridgehead atoms. The Bertz CT molecular complexity index is 441. The largest absolute Gasteiger partial charge is 0.368 e. The van der Waals surface area contributed by atoms with Gasteiger partial charge in [-0.3, -0.25) is 9.59 Å². The lowest BCUT2D eigenvalue weighted by Crippen LogP contribution is -2.45. The zero-order valence-electron chi connectivity index (χ0n) is 10.4. The second-order valence-corrected chi connectivity index (χ2v) is 4.28. The van der Waals surface area contributed by atoms with Crippen molar-refractivity contribution in [2.24, 2.45) is 5.73 Å². The quantitative estimate of drug-likeness (QED) is 0.810. The van der Waals surface area contributed by atoms with E-state index >= 15 is 0 Å². The molecule has 92 valence electrons. The highest BCUT2D eigenvalue weighted by Crippen LogP contribution is 2.11. The van der Waals surface area contributed by atoms with Gasteiger partial charge in [0, 0.05) is 13.3 Å². The molecule has 0 radical (unpaired) electrons. The molecule has 3 N–H and O–H groups in total. The minimum absolute atomic E-state index is 0.252. The number of rotatable bonds is 4. The third-order valence-electron chi connectivity index (χ3n) is 2.73. The number of primary amides is 1. The van der Waals surface area contributed by atoms with E-state index in [4.69, 9.17) is 5.73 Å². The molecule has 0 aliphatic rings. The van der Waals surface area contributed by atoms with Gasteiger partial charge in [-0.1, -0.05) is 18.2 Å². The van der Waals surface area contributed by atoms with Crippen LogP contribution in [0.1, 0.15) is 23.6 Å². The fourth-order valence-corrected chi connectivity index (χ4v) is 1.63. The molecular weight excluding hydrogens is 216 g/mol. The van der Waals surface area contributed by atoms with Gasteiger partial charge in [-0.25, -0.2) is 0 Å². The summed E-state index contributed by atoms with van der Waals surface area (Å²) in [5, 5.41) is 2.55. The maximum Gasteiger partial charge on any atom is 0.240 e. The van der Waals surface area contributed by atoms with Gasteiger partial charge in [0.25, 0.3) is 0 Å². The molecule has 0 unspecified atom stereocenters. The molecule has 0 heterocycles. The van der Waals surface area contributed by atoms with Gasteiger partial charge in [-0.15, -0.1) is 0 Å². The van der Waals surface area contributed by atoms with Crippen LogP contribution in [-0.2, 0) is 16.0 Å². The average molecular weight is 234 g/mol. The maximum absolute atomic E-state index is 11.2. The summed E-state index contributed by atoms with van der Waals surface area (Å²) in [5.41, 5.74) is 8.60. The van der Waals surface area contributed by atoms with Crippen molar-refractivity contribution in [3.8, 4) is 0 Å². The number of carbonyl (C=O) groups excluding carboxylic acids is 2. The van der Waals surface area contributed by atoms with E-state index in [1.807, 2.05) is 32.0 Å². The van der Waals surface area contributed by atoms with Gasteiger partial charge < -0.3 is 11.1 Å². The molecule has 0 saturated heterocycles. The summed E-state index contributed by atoms with van der Waals surface area (Å²) < 4.78 is 0. The fraction of sp³-hybridized carbons (Fsp3) is 0.385. The van der Waals surface area contributed by atoms with E-state index in [1.165, 1.54) is 12.5 Å². The summed E-state index contributed by atoms with van der Waals surface area (Å²) >= 11 is 0. The van der Waals surface area contributed by atoms with Crippen LogP contribution in [0.25, 0.3) is 0 Å². The first-order chi connectivity index (χ1) is 7.90. The van der Waals surface area contributed by atoms with Crippen LogP contribution in [-0.4, -0.2) is 17.9 Å². The van der Waals surface area contributed by atoms with Crippen LogP contribution in [0.15, 0.2) is 18.2 Å². The van der Waals surface area contributed by atoms with Crippen LogP contribution in [0.4, 0.5) is 0 Å². The summed E-state index contributed by atoms with van der Waals surface area (Å²) in [6, 6.07) is 5.30. The molecule has 4 nitrogen and oxygen atoms in total.